The summed E-state index contributed by atoms with van der Waals surface area (Å²) < 4.78 is 6.62. The first-order valence-corrected chi connectivity index (χ1v) is 7.55. The minimum absolute atomic E-state index is 0.186. The van der Waals surface area contributed by atoms with Gasteiger partial charge in [0.15, 0.2) is 11.6 Å². The maximum absolute atomic E-state index is 12.3. The fourth-order valence-electron chi connectivity index (χ4n) is 2.14. The molecule has 0 aliphatic carbocycles. The van der Waals surface area contributed by atoms with Gasteiger partial charge in [0, 0.05) is 36.4 Å². The van der Waals surface area contributed by atoms with Gasteiger partial charge in [-0.1, -0.05) is 5.16 Å². The summed E-state index contributed by atoms with van der Waals surface area (Å²) in [6.45, 7) is 2.10. The molecule has 0 aliphatic heterocycles. The lowest BCUT2D eigenvalue weighted by molar-refractivity contribution is -0.118. The van der Waals surface area contributed by atoms with Gasteiger partial charge in [-0.25, -0.2) is 0 Å². The van der Waals surface area contributed by atoms with Crippen LogP contribution in [0, 0.1) is 6.92 Å². The average molecular weight is 340 g/mol. The Morgan fingerprint density at radius 1 is 1.24 bits per heavy atom. The molecular weight excluding hydrogens is 324 g/mol. The van der Waals surface area contributed by atoms with E-state index >= 15 is 0 Å². The summed E-state index contributed by atoms with van der Waals surface area (Å²) in [6, 6.07) is 8.43. The number of aromatic nitrogens is 4. The molecule has 0 saturated carbocycles. The van der Waals surface area contributed by atoms with Crippen molar-refractivity contribution < 1.29 is 14.1 Å². The van der Waals surface area contributed by atoms with Gasteiger partial charge in [0.2, 0.25) is 5.91 Å². The molecule has 0 unspecified atom stereocenters. The number of nitrogens with two attached hydrogens (primary N) is 1. The molecule has 3 rings (SSSR count). The summed E-state index contributed by atoms with van der Waals surface area (Å²) in [6.07, 6.45) is 1.85. The lowest BCUT2D eigenvalue weighted by Gasteiger charge is -2.03. The quantitative estimate of drug-likeness (QED) is 0.697. The van der Waals surface area contributed by atoms with Crippen molar-refractivity contribution in [2.24, 2.45) is 5.73 Å². The number of hydrogen-bond donors (Lipinski definition) is 2. The van der Waals surface area contributed by atoms with Crippen LogP contribution >= 0.6 is 0 Å². The molecule has 3 aromatic rings. The number of hydrogen-bond acceptors (Lipinski definition) is 6. The van der Waals surface area contributed by atoms with Crippen LogP contribution in [0.25, 0.3) is 11.5 Å². The summed E-state index contributed by atoms with van der Waals surface area (Å²) in [7, 11) is 0. The molecule has 2 heterocycles. The number of carbonyl (C=O) groups is 2. The van der Waals surface area contributed by atoms with Gasteiger partial charge in [-0.2, -0.15) is 10.1 Å². The number of amides is 2. The van der Waals surface area contributed by atoms with Crippen molar-refractivity contribution in [3.63, 3.8) is 0 Å². The molecular formula is C16H16N6O3. The smallest absolute Gasteiger partial charge is 0.257 e. The van der Waals surface area contributed by atoms with E-state index in [9.17, 15) is 9.59 Å². The minimum atomic E-state index is -0.405. The first-order chi connectivity index (χ1) is 12.0. The van der Waals surface area contributed by atoms with Crippen LogP contribution in [0.3, 0.4) is 0 Å². The number of carbonyl (C=O) groups excluding carboxylic acids is 2. The SMILES string of the molecule is Cc1noc(-c2ccc(C(=O)Nc3ccn(CCC(N)=O)n3)cc2)n1. The van der Waals surface area contributed by atoms with Crippen LogP contribution in [0.4, 0.5) is 5.82 Å². The van der Waals surface area contributed by atoms with Crippen LogP contribution in [0.2, 0.25) is 0 Å². The molecule has 128 valence electrons. The van der Waals surface area contributed by atoms with Crippen molar-refractivity contribution in [2.45, 2.75) is 19.9 Å². The third-order valence-corrected chi connectivity index (χ3v) is 3.39. The molecule has 0 aliphatic rings. The Labute approximate surface area is 142 Å². The minimum Gasteiger partial charge on any atom is -0.370 e. The maximum atomic E-state index is 12.3. The Hall–Kier alpha value is -3.49. The summed E-state index contributed by atoms with van der Waals surface area (Å²) in [5.41, 5.74) is 6.29. The van der Waals surface area contributed by atoms with Crippen LogP contribution in [0.1, 0.15) is 22.6 Å². The summed E-state index contributed by atoms with van der Waals surface area (Å²) in [5.74, 6) is 0.637. The largest absolute Gasteiger partial charge is 0.370 e. The first-order valence-electron chi connectivity index (χ1n) is 7.55. The fraction of sp³-hybridized carbons (Fsp3) is 0.188. The van der Waals surface area contributed by atoms with Crippen LogP contribution < -0.4 is 11.1 Å². The first kappa shape index (κ1) is 16.4. The van der Waals surface area contributed by atoms with Gasteiger partial charge in [0.05, 0.1) is 0 Å². The number of nitrogens with zero attached hydrogens (tertiary/aromatic N) is 4. The number of primary amides is 1. The van der Waals surface area contributed by atoms with E-state index in [1.54, 1.807) is 48.1 Å². The molecule has 3 N–H and O–H groups in total. The van der Waals surface area contributed by atoms with E-state index in [4.69, 9.17) is 10.3 Å². The van der Waals surface area contributed by atoms with E-state index < -0.39 is 5.91 Å². The molecule has 1 aromatic carbocycles. The molecule has 25 heavy (non-hydrogen) atoms. The zero-order chi connectivity index (χ0) is 17.8. The highest BCUT2D eigenvalue weighted by Gasteiger charge is 2.11. The number of aryl methyl sites for hydroxylation is 2. The van der Waals surface area contributed by atoms with Crippen molar-refractivity contribution >= 4 is 17.6 Å². The predicted octanol–water partition coefficient (Wildman–Crippen LogP) is 1.37. The highest BCUT2D eigenvalue weighted by molar-refractivity contribution is 6.03. The van der Waals surface area contributed by atoms with E-state index in [1.165, 1.54) is 0 Å². The fourth-order valence-corrected chi connectivity index (χ4v) is 2.14. The molecule has 0 atom stereocenters. The molecule has 0 saturated heterocycles. The molecule has 9 heteroatoms. The summed E-state index contributed by atoms with van der Waals surface area (Å²) >= 11 is 0. The third kappa shape index (κ3) is 4.08. The Kier molecular flexibility index (Phi) is 4.55. The predicted molar refractivity (Wildman–Crippen MR) is 88.5 cm³/mol. The van der Waals surface area contributed by atoms with E-state index in [0.29, 0.717) is 29.6 Å². The molecule has 0 radical (unpaired) electrons. The summed E-state index contributed by atoms with van der Waals surface area (Å²) in [4.78, 5) is 27.2. The number of benzene rings is 1. The number of rotatable bonds is 6. The molecule has 0 fully saturated rings. The average Bonchev–Trinajstić information content (AvgIpc) is 3.22. The molecule has 2 amide bonds. The molecule has 2 aromatic heterocycles. The lowest BCUT2D eigenvalue weighted by atomic mass is 10.1. The highest BCUT2D eigenvalue weighted by atomic mass is 16.5. The second kappa shape index (κ2) is 6.95. The number of anilines is 1. The molecule has 0 spiro atoms. The molecule has 9 nitrogen and oxygen atoms in total. The lowest BCUT2D eigenvalue weighted by Crippen LogP contribution is -2.15. The van der Waals surface area contributed by atoms with Gasteiger partial charge in [-0.3, -0.25) is 14.3 Å². The standard InChI is InChI=1S/C16H16N6O3/c1-10-18-16(25-21-10)12-4-2-11(3-5-12)15(24)19-14-7-9-22(20-14)8-6-13(17)23/h2-5,7,9H,6,8H2,1H3,(H2,17,23)(H,19,20,24). The van der Waals surface area contributed by atoms with Gasteiger partial charge in [0.1, 0.15) is 0 Å². The number of nitrogens with one attached hydrogen (secondary N) is 1. The summed E-state index contributed by atoms with van der Waals surface area (Å²) in [5, 5.41) is 10.6. The van der Waals surface area contributed by atoms with Crippen LogP contribution in [-0.4, -0.2) is 31.7 Å². The topological polar surface area (TPSA) is 129 Å². The van der Waals surface area contributed by atoms with Crippen molar-refractivity contribution in [2.75, 3.05) is 5.32 Å². The van der Waals surface area contributed by atoms with Gasteiger partial charge in [-0.05, 0) is 31.2 Å². The van der Waals surface area contributed by atoms with E-state index in [1.807, 2.05) is 0 Å². The second-order valence-corrected chi connectivity index (χ2v) is 5.36. The second-order valence-electron chi connectivity index (χ2n) is 5.36. The Morgan fingerprint density at radius 2 is 2.00 bits per heavy atom. The third-order valence-electron chi connectivity index (χ3n) is 3.39. The Morgan fingerprint density at radius 3 is 2.64 bits per heavy atom. The van der Waals surface area contributed by atoms with Crippen molar-refractivity contribution in [1.82, 2.24) is 19.9 Å². The van der Waals surface area contributed by atoms with Gasteiger partial charge >= 0.3 is 0 Å². The normalized spacial score (nSPS) is 10.6. The van der Waals surface area contributed by atoms with Gasteiger partial charge < -0.3 is 15.6 Å². The van der Waals surface area contributed by atoms with Crippen LogP contribution in [-0.2, 0) is 11.3 Å². The van der Waals surface area contributed by atoms with Crippen LogP contribution in [0.5, 0.6) is 0 Å². The van der Waals surface area contributed by atoms with Crippen molar-refractivity contribution in [3.05, 3.63) is 47.9 Å². The van der Waals surface area contributed by atoms with E-state index in [0.717, 1.165) is 5.56 Å². The van der Waals surface area contributed by atoms with Crippen molar-refractivity contribution in [3.8, 4) is 11.5 Å². The van der Waals surface area contributed by atoms with E-state index in [-0.39, 0.29) is 12.3 Å². The monoisotopic (exact) mass is 340 g/mol. The Bertz CT molecular complexity index is 897. The zero-order valence-corrected chi connectivity index (χ0v) is 13.5. The van der Waals surface area contributed by atoms with Gasteiger partial charge in [-0.15, -0.1) is 0 Å². The Balaban J connectivity index is 1.64. The highest BCUT2D eigenvalue weighted by Crippen LogP contribution is 2.18. The maximum Gasteiger partial charge on any atom is 0.257 e. The van der Waals surface area contributed by atoms with Crippen LogP contribution in [0.15, 0.2) is 41.1 Å². The molecule has 0 bridgehead atoms. The van der Waals surface area contributed by atoms with Crippen molar-refractivity contribution in [1.29, 1.82) is 0 Å². The zero-order valence-electron chi connectivity index (χ0n) is 13.5. The van der Waals surface area contributed by atoms with E-state index in [2.05, 4.69) is 20.6 Å². The van der Waals surface area contributed by atoms with Gasteiger partial charge in [0.25, 0.3) is 11.8 Å².